The van der Waals surface area contributed by atoms with Gasteiger partial charge in [-0.3, -0.25) is 13.9 Å². The zero-order valence-electron chi connectivity index (χ0n) is 19.5. The molecule has 0 saturated heterocycles. The molecule has 0 bridgehead atoms. The second-order valence-corrected chi connectivity index (χ2v) is 11.9. The zero-order chi connectivity index (χ0) is 25.8. The first kappa shape index (κ1) is 27.6. The van der Waals surface area contributed by atoms with Crippen molar-refractivity contribution >= 4 is 62.3 Å². The molecule has 1 saturated carbocycles. The van der Waals surface area contributed by atoms with Crippen LogP contribution in [0.1, 0.15) is 38.2 Å². The molecule has 2 aromatic rings. The highest BCUT2D eigenvalue weighted by molar-refractivity contribution is 7.92. The summed E-state index contributed by atoms with van der Waals surface area (Å²) in [6.07, 6.45) is 4.91. The molecule has 0 aliphatic heterocycles. The largest absolute Gasteiger partial charge is 0.352 e. The standard InChI is InChI=1S/C24H28Cl3N3O4S/c1-16(24(32)28-20-5-3-4-6-20)29(14-17-7-8-19(26)13-22(17)27)23(31)15-30(35(2,33)34)21-11-9-18(25)10-12-21/h7-13,16,20H,3-6,14-15H2,1-2H3,(H,28,32)/t16-/m1/s1. The summed E-state index contributed by atoms with van der Waals surface area (Å²) in [7, 11) is -3.81. The molecule has 3 rings (SSSR count). The van der Waals surface area contributed by atoms with Gasteiger partial charge in [0.15, 0.2) is 0 Å². The second kappa shape index (κ2) is 11.8. The van der Waals surface area contributed by atoms with Crippen LogP contribution in [-0.2, 0) is 26.2 Å². The van der Waals surface area contributed by atoms with Gasteiger partial charge in [0, 0.05) is 27.7 Å². The van der Waals surface area contributed by atoms with E-state index in [0.717, 1.165) is 36.2 Å². The Labute approximate surface area is 221 Å². The number of nitrogens with zero attached hydrogens (tertiary/aromatic N) is 2. The van der Waals surface area contributed by atoms with Crippen molar-refractivity contribution in [2.24, 2.45) is 0 Å². The highest BCUT2D eigenvalue weighted by Crippen LogP contribution is 2.25. The van der Waals surface area contributed by atoms with Crippen molar-refractivity contribution in [1.29, 1.82) is 0 Å². The maximum atomic E-state index is 13.6. The minimum absolute atomic E-state index is 0.00626. The summed E-state index contributed by atoms with van der Waals surface area (Å²) in [5, 5.41) is 4.23. The van der Waals surface area contributed by atoms with Crippen molar-refractivity contribution in [3.05, 3.63) is 63.1 Å². The number of nitrogens with one attached hydrogen (secondary N) is 1. The fraction of sp³-hybridized carbons (Fsp3) is 0.417. The van der Waals surface area contributed by atoms with E-state index in [9.17, 15) is 18.0 Å². The van der Waals surface area contributed by atoms with Gasteiger partial charge in [-0.1, -0.05) is 53.7 Å². The number of rotatable bonds is 9. The molecule has 11 heteroatoms. The Bertz CT molecular complexity index is 1170. The van der Waals surface area contributed by atoms with E-state index in [0.29, 0.717) is 20.6 Å². The monoisotopic (exact) mass is 559 g/mol. The number of benzene rings is 2. The molecule has 1 atom stereocenters. The van der Waals surface area contributed by atoms with Gasteiger partial charge in [0.2, 0.25) is 21.8 Å². The maximum Gasteiger partial charge on any atom is 0.244 e. The molecule has 1 aliphatic carbocycles. The molecule has 2 aromatic carbocycles. The molecule has 190 valence electrons. The number of hydrogen-bond acceptors (Lipinski definition) is 4. The van der Waals surface area contributed by atoms with Crippen molar-refractivity contribution in [2.75, 3.05) is 17.1 Å². The molecule has 0 radical (unpaired) electrons. The molecule has 1 fully saturated rings. The predicted molar refractivity (Wildman–Crippen MR) is 141 cm³/mol. The summed E-state index contributed by atoms with van der Waals surface area (Å²) in [6.45, 7) is 1.14. The zero-order valence-corrected chi connectivity index (χ0v) is 22.6. The highest BCUT2D eigenvalue weighted by Gasteiger charge is 2.31. The summed E-state index contributed by atoms with van der Waals surface area (Å²) in [5.41, 5.74) is 0.875. The van der Waals surface area contributed by atoms with E-state index in [1.54, 1.807) is 37.3 Å². The van der Waals surface area contributed by atoms with Crippen molar-refractivity contribution in [3.63, 3.8) is 0 Å². The Morgan fingerprint density at radius 1 is 1.03 bits per heavy atom. The van der Waals surface area contributed by atoms with Crippen LogP contribution in [0.3, 0.4) is 0 Å². The van der Waals surface area contributed by atoms with E-state index in [2.05, 4.69) is 5.32 Å². The van der Waals surface area contributed by atoms with Crippen LogP contribution in [0.2, 0.25) is 15.1 Å². The number of amides is 2. The van der Waals surface area contributed by atoms with Crippen molar-refractivity contribution in [2.45, 2.75) is 51.2 Å². The molecule has 0 unspecified atom stereocenters. The van der Waals surface area contributed by atoms with Gasteiger partial charge >= 0.3 is 0 Å². The first-order chi connectivity index (χ1) is 16.5. The molecule has 0 heterocycles. The molecular formula is C24H28Cl3N3O4S. The third-order valence-electron chi connectivity index (χ3n) is 6.02. The Morgan fingerprint density at radius 3 is 2.20 bits per heavy atom. The molecule has 0 spiro atoms. The molecule has 0 aromatic heterocycles. The van der Waals surface area contributed by atoms with E-state index in [4.69, 9.17) is 34.8 Å². The van der Waals surface area contributed by atoms with Gasteiger partial charge in [-0.2, -0.15) is 0 Å². The van der Waals surface area contributed by atoms with Crippen LogP contribution in [0.5, 0.6) is 0 Å². The summed E-state index contributed by atoms with van der Waals surface area (Å²) >= 11 is 18.3. The van der Waals surface area contributed by atoms with E-state index < -0.39 is 28.5 Å². The normalized spacial score (nSPS) is 15.0. The molecule has 1 N–H and O–H groups in total. The van der Waals surface area contributed by atoms with Crippen LogP contribution in [0.4, 0.5) is 5.69 Å². The maximum absolute atomic E-state index is 13.6. The van der Waals surface area contributed by atoms with Crippen LogP contribution >= 0.6 is 34.8 Å². The van der Waals surface area contributed by atoms with Crippen LogP contribution < -0.4 is 9.62 Å². The van der Waals surface area contributed by atoms with E-state index >= 15 is 0 Å². The summed E-state index contributed by atoms with van der Waals surface area (Å²) in [5.74, 6) is -0.849. The van der Waals surface area contributed by atoms with Crippen molar-refractivity contribution in [1.82, 2.24) is 10.2 Å². The Balaban J connectivity index is 1.89. The number of hydrogen-bond donors (Lipinski definition) is 1. The fourth-order valence-corrected chi connectivity index (χ4v) is 5.47. The number of sulfonamides is 1. The SMILES string of the molecule is C[C@H](C(=O)NC1CCCC1)N(Cc1ccc(Cl)cc1Cl)C(=O)CN(c1ccc(Cl)cc1)S(C)(=O)=O. The molecule has 35 heavy (non-hydrogen) atoms. The number of carbonyl (C=O) groups is 2. The van der Waals surface area contributed by atoms with E-state index in [1.165, 1.54) is 17.0 Å². The second-order valence-electron chi connectivity index (χ2n) is 8.67. The van der Waals surface area contributed by atoms with Crippen LogP contribution in [0.25, 0.3) is 0 Å². The summed E-state index contributed by atoms with van der Waals surface area (Å²) in [6, 6.07) is 10.2. The third kappa shape index (κ3) is 7.49. The predicted octanol–water partition coefficient (Wildman–Crippen LogP) is 4.89. The molecule has 7 nitrogen and oxygen atoms in total. The first-order valence-electron chi connectivity index (χ1n) is 11.2. The van der Waals surface area contributed by atoms with Gasteiger partial charge in [0.1, 0.15) is 12.6 Å². The lowest BCUT2D eigenvalue weighted by Gasteiger charge is -2.32. The van der Waals surface area contributed by atoms with Crippen LogP contribution in [0.15, 0.2) is 42.5 Å². The average Bonchev–Trinajstić information content (AvgIpc) is 3.29. The lowest BCUT2D eigenvalue weighted by Crippen LogP contribution is -2.52. The number of carbonyl (C=O) groups excluding carboxylic acids is 2. The molecule has 2 amide bonds. The molecule has 1 aliphatic rings. The van der Waals surface area contributed by atoms with Gasteiger partial charge in [0.05, 0.1) is 11.9 Å². The van der Waals surface area contributed by atoms with E-state index in [-0.39, 0.29) is 24.2 Å². The van der Waals surface area contributed by atoms with E-state index in [1.807, 2.05) is 0 Å². The number of anilines is 1. The van der Waals surface area contributed by atoms with Gasteiger partial charge in [-0.15, -0.1) is 0 Å². The van der Waals surface area contributed by atoms with Gasteiger partial charge in [0.25, 0.3) is 0 Å². The topological polar surface area (TPSA) is 86.8 Å². The minimum atomic E-state index is -3.81. The smallest absolute Gasteiger partial charge is 0.244 e. The highest BCUT2D eigenvalue weighted by atomic mass is 35.5. The fourth-order valence-electron chi connectivity index (χ4n) is 4.03. The van der Waals surface area contributed by atoms with Gasteiger partial charge in [-0.05, 0) is 61.7 Å². The third-order valence-corrected chi connectivity index (χ3v) is 8.00. The Kier molecular flexibility index (Phi) is 9.32. The Hall–Kier alpha value is -2.00. The lowest BCUT2D eigenvalue weighted by molar-refractivity contribution is -0.139. The lowest BCUT2D eigenvalue weighted by atomic mass is 10.1. The number of halogens is 3. The Morgan fingerprint density at radius 2 is 1.63 bits per heavy atom. The summed E-state index contributed by atoms with van der Waals surface area (Å²) < 4.78 is 26.1. The van der Waals surface area contributed by atoms with Crippen molar-refractivity contribution < 1.29 is 18.0 Å². The first-order valence-corrected chi connectivity index (χ1v) is 14.2. The van der Waals surface area contributed by atoms with Gasteiger partial charge in [-0.25, -0.2) is 8.42 Å². The average molecular weight is 561 g/mol. The summed E-state index contributed by atoms with van der Waals surface area (Å²) in [4.78, 5) is 28.0. The minimum Gasteiger partial charge on any atom is -0.352 e. The van der Waals surface area contributed by atoms with Crippen LogP contribution in [-0.4, -0.2) is 50.0 Å². The van der Waals surface area contributed by atoms with Crippen molar-refractivity contribution in [3.8, 4) is 0 Å². The van der Waals surface area contributed by atoms with Gasteiger partial charge < -0.3 is 10.2 Å². The molecular weight excluding hydrogens is 533 g/mol. The quantitative estimate of drug-likeness (QED) is 0.473. The van der Waals surface area contributed by atoms with Crippen LogP contribution in [0, 0.1) is 0 Å².